The summed E-state index contributed by atoms with van der Waals surface area (Å²) in [6.45, 7) is 1.85. The van der Waals surface area contributed by atoms with Gasteiger partial charge in [-0.1, -0.05) is 23.2 Å². The van der Waals surface area contributed by atoms with Gasteiger partial charge in [0.15, 0.2) is 0 Å². The van der Waals surface area contributed by atoms with E-state index in [4.69, 9.17) is 28.9 Å². The average molecular weight is 295 g/mol. The summed E-state index contributed by atoms with van der Waals surface area (Å²) in [5.74, 6) is -0.261. The molecule has 0 aliphatic heterocycles. The van der Waals surface area contributed by atoms with E-state index in [1.165, 1.54) is 0 Å². The van der Waals surface area contributed by atoms with Crippen molar-refractivity contribution >= 4 is 40.5 Å². The van der Waals surface area contributed by atoms with Gasteiger partial charge < -0.3 is 11.1 Å². The van der Waals surface area contributed by atoms with Gasteiger partial charge >= 0.3 is 0 Å². The Morgan fingerprint density at radius 2 is 1.79 bits per heavy atom. The first-order chi connectivity index (χ1) is 8.97. The highest BCUT2D eigenvalue weighted by atomic mass is 35.5. The second-order valence-electron chi connectivity index (χ2n) is 4.15. The number of nitrogens with one attached hydrogen (secondary N) is 1. The zero-order valence-electron chi connectivity index (χ0n) is 10.2. The van der Waals surface area contributed by atoms with Crippen LogP contribution in [0.2, 0.25) is 10.0 Å². The van der Waals surface area contributed by atoms with E-state index in [9.17, 15) is 4.79 Å². The highest BCUT2D eigenvalue weighted by Crippen LogP contribution is 2.27. The number of amides is 1. The van der Waals surface area contributed by atoms with Crippen LogP contribution in [0.4, 0.5) is 11.4 Å². The summed E-state index contributed by atoms with van der Waals surface area (Å²) in [6, 6.07) is 9.96. The van der Waals surface area contributed by atoms with Crippen molar-refractivity contribution in [2.45, 2.75) is 6.92 Å². The van der Waals surface area contributed by atoms with Crippen LogP contribution in [0.3, 0.4) is 0 Å². The number of nitrogens with two attached hydrogens (primary N) is 1. The Labute approximate surface area is 121 Å². The van der Waals surface area contributed by atoms with Gasteiger partial charge in [-0.25, -0.2) is 0 Å². The summed E-state index contributed by atoms with van der Waals surface area (Å²) in [4.78, 5) is 12.0. The maximum absolute atomic E-state index is 12.0. The van der Waals surface area contributed by atoms with Crippen molar-refractivity contribution in [1.82, 2.24) is 0 Å². The highest BCUT2D eigenvalue weighted by Gasteiger charge is 2.09. The van der Waals surface area contributed by atoms with Gasteiger partial charge in [-0.05, 0) is 48.9 Å². The Morgan fingerprint density at radius 1 is 1.16 bits per heavy atom. The Balaban J connectivity index is 2.24. The van der Waals surface area contributed by atoms with Crippen LogP contribution in [0.5, 0.6) is 0 Å². The van der Waals surface area contributed by atoms with Crippen LogP contribution in [-0.4, -0.2) is 5.91 Å². The molecule has 2 aromatic rings. The smallest absolute Gasteiger partial charge is 0.255 e. The highest BCUT2D eigenvalue weighted by molar-refractivity contribution is 6.32. The minimum Gasteiger partial charge on any atom is -0.397 e. The fourth-order valence-electron chi connectivity index (χ4n) is 1.61. The quantitative estimate of drug-likeness (QED) is 0.818. The summed E-state index contributed by atoms with van der Waals surface area (Å²) < 4.78 is 0. The molecule has 0 fully saturated rings. The van der Waals surface area contributed by atoms with E-state index in [-0.39, 0.29) is 5.91 Å². The third kappa shape index (κ3) is 3.19. The predicted octanol–water partition coefficient (Wildman–Crippen LogP) is 4.14. The number of carbonyl (C=O) groups excluding carboxylic acids is 1. The largest absolute Gasteiger partial charge is 0.397 e. The maximum atomic E-state index is 12.0. The normalized spacial score (nSPS) is 10.3. The van der Waals surface area contributed by atoms with E-state index in [1.807, 2.05) is 6.92 Å². The molecule has 3 nitrogen and oxygen atoms in total. The summed E-state index contributed by atoms with van der Waals surface area (Å²) in [5.41, 5.74) is 8.18. The van der Waals surface area contributed by atoms with Crippen LogP contribution >= 0.6 is 23.2 Å². The summed E-state index contributed by atoms with van der Waals surface area (Å²) in [5, 5.41) is 3.86. The van der Waals surface area contributed by atoms with Crippen molar-refractivity contribution in [3.63, 3.8) is 0 Å². The molecule has 0 radical (unpaired) electrons. The van der Waals surface area contributed by atoms with Crippen molar-refractivity contribution < 1.29 is 4.79 Å². The first-order valence-corrected chi connectivity index (χ1v) is 6.35. The van der Waals surface area contributed by atoms with Gasteiger partial charge in [-0.3, -0.25) is 4.79 Å². The Bertz CT molecular complexity index is 624. The number of aryl methyl sites for hydroxylation is 1. The molecule has 1 amide bonds. The molecule has 3 N–H and O–H groups in total. The van der Waals surface area contributed by atoms with Crippen LogP contribution in [-0.2, 0) is 0 Å². The molecule has 0 aliphatic rings. The minimum atomic E-state index is -0.261. The number of rotatable bonds is 2. The molecule has 0 atom stereocenters. The fourth-order valence-corrected chi connectivity index (χ4v) is 1.90. The van der Waals surface area contributed by atoms with Crippen LogP contribution < -0.4 is 11.1 Å². The number of hydrogen-bond donors (Lipinski definition) is 2. The van der Waals surface area contributed by atoms with Crippen molar-refractivity contribution in [2.75, 3.05) is 11.1 Å². The Hall–Kier alpha value is -1.71. The molecule has 5 heteroatoms. The van der Waals surface area contributed by atoms with Gasteiger partial charge in [-0.15, -0.1) is 0 Å². The number of halogens is 2. The van der Waals surface area contributed by atoms with Crippen molar-refractivity contribution in [3.05, 3.63) is 57.6 Å². The van der Waals surface area contributed by atoms with E-state index in [2.05, 4.69) is 5.32 Å². The molecule has 0 spiro atoms. The van der Waals surface area contributed by atoms with E-state index < -0.39 is 0 Å². The second kappa shape index (κ2) is 5.51. The molecule has 19 heavy (non-hydrogen) atoms. The lowest BCUT2D eigenvalue weighted by Crippen LogP contribution is -2.13. The van der Waals surface area contributed by atoms with Crippen LogP contribution in [0.25, 0.3) is 0 Å². The molecule has 0 aromatic heterocycles. The molecule has 0 bridgehead atoms. The molecule has 98 valence electrons. The molecular weight excluding hydrogens is 283 g/mol. The van der Waals surface area contributed by atoms with E-state index in [1.54, 1.807) is 36.4 Å². The minimum absolute atomic E-state index is 0.261. The molecule has 2 aromatic carbocycles. The van der Waals surface area contributed by atoms with Gasteiger partial charge in [0, 0.05) is 15.6 Å². The number of hydrogen-bond acceptors (Lipinski definition) is 2. The molecule has 2 rings (SSSR count). The lowest BCUT2D eigenvalue weighted by atomic mass is 10.1. The van der Waals surface area contributed by atoms with Gasteiger partial charge in [-0.2, -0.15) is 0 Å². The summed E-state index contributed by atoms with van der Waals surface area (Å²) in [6.07, 6.45) is 0. The van der Waals surface area contributed by atoms with Crippen molar-refractivity contribution in [3.8, 4) is 0 Å². The van der Waals surface area contributed by atoms with Crippen LogP contribution in [0.1, 0.15) is 15.9 Å². The third-order valence-corrected chi connectivity index (χ3v) is 3.34. The number of anilines is 2. The number of carbonyl (C=O) groups is 1. The standard InChI is InChI=1S/C14H12Cl2N2O/c1-8-6-12(17)13(7-11(8)16)18-14(19)9-2-4-10(15)5-3-9/h2-7H,17H2,1H3,(H,18,19). The van der Waals surface area contributed by atoms with Crippen molar-refractivity contribution in [2.24, 2.45) is 0 Å². The lowest BCUT2D eigenvalue weighted by Gasteiger charge is -2.10. The van der Waals surface area contributed by atoms with Crippen LogP contribution in [0, 0.1) is 6.92 Å². The number of benzene rings is 2. The molecule has 0 saturated heterocycles. The van der Waals surface area contributed by atoms with Gasteiger partial charge in [0.05, 0.1) is 11.4 Å². The topological polar surface area (TPSA) is 55.1 Å². The predicted molar refractivity (Wildman–Crippen MR) is 80.0 cm³/mol. The summed E-state index contributed by atoms with van der Waals surface area (Å²) >= 11 is 11.8. The molecule has 0 heterocycles. The SMILES string of the molecule is Cc1cc(N)c(NC(=O)c2ccc(Cl)cc2)cc1Cl. The molecule has 0 aliphatic carbocycles. The van der Waals surface area contributed by atoms with E-state index in [0.717, 1.165) is 5.56 Å². The molecule has 0 saturated carbocycles. The second-order valence-corrected chi connectivity index (χ2v) is 4.99. The first kappa shape index (κ1) is 13.7. The van der Waals surface area contributed by atoms with Gasteiger partial charge in [0.2, 0.25) is 0 Å². The van der Waals surface area contributed by atoms with Crippen molar-refractivity contribution in [1.29, 1.82) is 0 Å². The molecular formula is C14H12Cl2N2O. The summed E-state index contributed by atoms with van der Waals surface area (Å²) in [7, 11) is 0. The number of nitrogen functional groups attached to an aromatic ring is 1. The zero-order chi connectivity index (χ0) is 14.0. The fraction of sp³-hybridized carbons (Fsp3) is 0.0714. The maximum Gasteiger partial charge on any atom is 0.255 e. The van der Waals surface area contributed by atoms with Gasteiger partial charge in [0.25, 0.3) is 5.91 Å². The van der Waals surface area contributed by atoms with E-state index in [0.29, 0.717) is 27.0 Å². The Morgan fingerprint density at radius 3 is 2.42 bits per heavy atom. The Kier molecular flexibility index (Phi) is 3.98. The monoisotopic (exact) mass is 294 g/mol. The van der Waals surface area contributed by atoms with Gasteiger partial charge in [0.1, 0.15) is 0 Å². The average Bonchev–Trinajstić information content (AvgIpc) is 2.36. The first-order valence-electron chi connectivity index (χ1n) is 5.60. The lowest BCUT2D eigenvalue weighted by molar-refractivity contribution is 0.102. The van der Waals surface area contributed by atoms with E-state index >= 15 is 0 Å². The van der Waals surface area contributed by atoms with Crippen LogP contribution in [0.15, 0.2) is 36.4 Å². The zero-order valence-corrected chi connectivity index (χ0v) is 11.7. The third-order valence-electron chi connectivity index (χ3n) is 2.69. The molecule has 0 unspecified atom stereocenters.